The van der Waals surface area contributed by atoms with Gasteiger partial charge in [-0.1, -0.05) is 11.6 Å². The van der Waals surface area contributed by atoms with E-state index in [0.29, 0.717) is 17.5 Å². The molecule has 5 rings (SSSR count). The second kappa shape index (κ2) is 5.96. The molecule has 5 nitrogen and oxygen atoms in total. The van der Waals surface area contributed by atoms with Gasteiger partial charge in [0.15, 0.2) is 0 Å². The van der Waals surface area contributed by atoms with Gasteiger partial charge in [-0.3, -0.25) is 4.79 Å². The number of allylic oxidation sites excluding steroid dienone is 4. The molecule has 4 heterocycles. The Morgan fingerprint density at radius 1 is 1.26 bits per heavy atom. The molecule has 1 atom stereocenters. The fourth-order valence-corrected chi connectivity index (χ4v) is 3.90. The van der Waals surface area contributed by atoms with Crippen LogP contribution in [0.25, 0.3) is 5.70 Å². The van der Waals surface area contributed by atoms with E-state index in [1.807, 2.05) is 10.9 Å². The zero-order chi connectivity index (χ0) is 15.8. The van der Waals surface area contributed by atoms with Crippen molar-refractivity contribution >= 4 is 11.6 Å². The summed E-state index contributed by atoms with van der Waals surface area (Å²) in [5.41, 5.74) is 3.20. The normalized spacial score (nSPS) is 29.9. The second-order valence-corrected chi connectivity index (χ2v) is 7.06. The minimum atomic E-state index is 0.0122. The van der Waals surface area contributed by atoms with Crippen LogP contribution in [0.1, 0.15) is 43.0 Å². The number of carbonyl (C=O) groups is 1. The van der Waals surface area contributed by atoms with Gasteiger partial charge in [0.05, 0.1) is 11.8 Å². The standard InChI is InChI=1S/C18H24N4O/c1-13-2-4-16(5-3-13)22-11-15(10-19-22)18(23)20-17-12-21-8-6-14(17)7-9-21/h2,4,10-11,14,17H,3,5-9,12H2,1H3,(H,20,23)/t17-/m0/s1. The van der Waals surface area contributed by atoms with Crippen molar-refractivity contribution in [1.82, 2.24) is 20.0 Å². The van der Waals surface area contributed by atoms with E-state index in [2.05, 4.69) is 34.4 Å². The van der Waals surface area contributed by atoms with E-state index in [4.69, 9.17) is 0 Å². The van der Waals surface area contributed by atoms with Crippen molar-refractivity contribution in [2.24, 2.45) is 5.92 Å². The Balaban J connectivity index is 1.43. The monoisotopic (exact) mass is 312 g/mol. The number of fused-ring (bicyclic) bond motifs is 3. The average molecular weight is 312 g/mol. The number of aromatic nitrogens is 2. The highest BCUT2D eigenvalue weighted by Gasteiger charge is 2.35. The number of nitrogens with one attached hydrogen (secondary N) is 1. The Labute approximate surface area is 137 Å². The van der Waals surface area contributed by atoms with Crippen molar-refractivity contribution in [3.63, 3.8) is 0 Å². The number of hydrogen-bond donors (Lipinski definition) is 1. The maximum atomic E-state index is 12.5. The van der Waals surface area contributed by atoms with Gasteiger partial charge < -0.3 is 10.2 Å². The predicted molar refractivity (Wildman–Crippen MR) is 89.9 cm³/mol. The summed E-state index contributed by atoms with van der Waals surface area (Å²) in [6.45, 7) is 5.52. The smallest absolute Gasteiger partial charge is 0.254 e. The van der Waals surface area contributed by atoms with Crippen LogP contribution in [0.5, 0.6) is 0 Å². The molecule has 0 unspecified atom stereocenters. The van der Waals surface area contributed by atoms with Crippen LogP contribution in [0.3, 0.4) is 0 Å². The lowest BCUT2D eigenvalue weighted by atomic mass is 9.84. The Morgan fingerprint density at radius 2 is 2.09 bits per heavy atom. The number of nitrogens with zero attached hydrogens (tertiary/aromatic N) is 3. The van der Waals surface area contributed by atoms with Crippen LogP contribution in [0, 0.1) is 5.92 Å². The first kappa shape index (κ1) is 14.7. The molecule has 5 heteroatoms. The van der Waals surface area contributed by atoms with Gasteiger partial charge in [-0.25, -0.2) is 4.68 Å². The summed E-state index contributed by atoms with van der Waals surface area (Å²) in [4.78, 5) is 15.0. The second-order valence-electron chi connectivity index (χ2n) is 7.06. The minimum Gasteiger partial charge on any atom is -0.348 e. The summed E-state index contributed by atoms with van der Waals surface area (Å²) in [5.74, 6) is 0.659. The number of hydrogen-bond acceptors (Lipinski definition) is 3. The van der Waals surface area contributed by atoms with Gasteiger partial charge in [-0.15, -0.1) is 0 Å². The van der Waals surface area contributed by atoms with Crippen LogP contribution in [0.15, 0.2) is 30.1 Å². The lowest BCUT2D eigenvalue weighted by Gasteiger charge is -2.44. The quantitative estimate of drug-likeness (QED) is 0.931. The molecule has 3 saturated heterocycles. The largest absolute Gasteiger partial charge is 0.348 e. The molecular formula is C18H24N4O. The summed E-state index contributed by atoms with van der Waals surface area (Å²) < 4.78 is 1.84. The zero-order valence-electron chi connectivity index (χ0n) is 13.7. The lowest BCUT2D eigenvalue weighted by molar-refractivity contribution is 0.0620. The number of rotatable bonds is 3. The molecule has 23 heavy (non-hydrogen) atoms. The van der Waals surface area contributed by atoms with Crippen LogP contribution in [-0.2, 0) is 0 Å². The van der Waals surface area contributed by atoms with E-state index in [1.165, 1.54) is 31.5 Å². The first-order chi connectivity index (χ1) is 11.2. The SMILES string of the molecule is CC1=CC=C(n2cc(C(=O)N[C@H]3CN4CCC3CC4)cn2)CC1. The van der Waals surface area contributed by atoms with Crippen LogP contribution in [0.4, 0.5) is 0 Å². The molecular weight excluding hydrogens is 288 g/mol. The topological polar surface area (TPSA) is 50.2 Å². The summed E-state index contributed by atoms with van der Waals surface area (Å²) >= 11 is 0. The third-order valence-corrected chi connectivity index (χ3v) is 5.45. The van der Waals surface area contributed by atoms with Crippen LogP contribution >= 0.6 is 0 Å². The summed E-state index contributed by atoms with van der Waals surface area (Å²) in [6, 6.07) is 0.299. The van der Waals surface area contributed by atoms with Gasteiger partial charge in [-0.2, -0.15) is 5.10 Å². The van der Waals surface area contributed by atoms with E-state index in [0.717, 1.165) is 25.1 Å². The van der Waals surface area contributed by atoms with Gasteiger partial charge in [-0.05, 0) is 57.7 Å². The zero-order valence-corrected chi connectivity index (χ0v) is 13.7. The highest BCUT2D eigenvalue weighted by Crippen LogP contribution is 2.27. The van der Waals surface area contributed by atoms with Crippen molar-refractivity contribution in [3.8, 4) is 0 Å². The summed E-state index contributed by atoms with van der Waals surface area (Å²) in [6.07, 6.45) is 12.2. The molecule has 1 amide bonds. The molecule has 1 aromatic rings. The number of amides is 1. The van der Waals surface area contributed by atoms with Crippen molar-refractivity contribution in [2.75, 3.05) is 19.6 Å². The van der Waals surface area contributed by atoms with Gasteiger partial charge in [0.25, 0.3) is 5.91 Å². The Hall–Kier alpha value is -1.88. The van der Waals surface area contributed by atoms with E-state index >= 15 is 0 Å². The molecule has 1 aromatic heterocycles. The van der Waals surface area contributed by atoms with E-state index in [-0.39, 0.29) is 5.91 Å². The first-order valence-corrected chi connectivity index (χ1v) is 8.63. The fraction of sp³-hybridized carbons (Fsp3) is 0.556. The van der Waals surface area contributed by atoms with Crippen LogP contribution in [0.2, 0.25) is 0 Å². The first-order valence-electron chi connectivity index (χ1n) is 8.63. The molecule has 0 radical (unpaired) electrons. The molecule has 1 aliphatic carbocycles. The Morgan fingerprint density at radius 3 is 2.74 bits per heavy atom. The van der Waals surface area contributed by atoms with E-state index in [1.54, 1.807) is 6.20 Å². The number of carbonyl (C=O) groups excluding carboxylic acids is 1. The highest BCUT2D eigenvalue weighted by atomic mass is 16.1. The van der Waals surface area contributed by atoms with Gasteiger partial charge in [0, 0.05) is 24.5 Å². The van der Waals surface area contributed by atoms with Gasteiger partial charge >= 0.3 is 0 Å². The van der Waals surface area contributed by atoms with Crippen molar-refractivity contribution in [2.45, 2.75) is 38.6 Å². The van der Waals surface area contributed by atoms with Crippen molar-refractivity contribution < 1.29 is 4.79 Å². The Kier molecular flexibility index (Phi) is 3.81. The summed E-state index contributed by atoms with van der Waals surface area (Å²) in [5, 5.41) is 7.60. The average Bonchev–Trinajstić information content (AvgIpc) is 3.07. The number of piperidine rings is 3. The highest BCUT2D eigenvalue weighted by molar-refractivity contribution is 5.94. The molecule has 1 N–H and O–H groups in total. The molecule has 0 aromatic carbocycles. The third-order valence-electron chi connectivity index (χ3n) is 5.45. The molecule has 122 valence electrons. The summed E-state index contributed by atoms with van der Waals surface area (Å²) in [7, 11) is 0. The molecule has 3 aliphatic heterocycles. The van der Waals surface area contributed by atoms with Crippen molar-refractivity contribution in [1.29, 1.82) is 0 Å². The minimum absolute atomic E-state index is 0.0122. The molecule has 3 fully saturated rings. The van der Waals surface area contributed by atoms with Crippen LogP contribution in [-0.4, -0.2) is 46.3 Å². The fourth-order valence-electron chi connectivity index (χ4n) is 3.90. The maximum absolute atomic E-state index is 12.5. The third kappa shape index (κ3) is 2.98. The Bertz CT molecular complexity index is 664. The molecule has 0 spiro atoms. The lowest BCUT2D eigenvalue weighted by Crippen LogP contribution is -2.57. The molecule has 4 aliphatic rings. The molecule has 0 saturated carbocycles. The maximum Gasteiger partial charge on any atom is 0.254 e. The molecule has 2 bridgehead atoms. The predicted octanol–water partition coefficient (Wildman–Crippen LogP) is 2.29. The van der Waals surface area contributed by atoms with Crippen molar-refractivity contribution in [3.05, 3.63) is 35.7 Å². The van der Waals surface area contributed by atoms with Gasteiger partial charge in [0.2, 0.25) is 0 Å². The van der Waals surface area contributed by atoms with E-state index < -0.39 is 0 Å². The van der Waals surface area contributed by atoms with E-state index in [9.17, 15) is 4.79 Å². The van der Waals surface area contributed by atoms with Gasteiger partial charge in [0.1, 0.15) is 0 Å². The van der Waals surface area contributed by atoms with Crippen LogP contribution < -0.4 is 5.32 Å².